The number of likely N-dealkylation sites (N-methyl/N-ethyl adjacent to an activating group) is 2. The third-order valence-corrected chi connectivity index (χ3v) is 9.97. The number of hydrogen-bond donors (Lipinski definition) is 0. The number of nitrogens with zero attached hydrogens (tertiary/aromatic N) is 8. The second-order valence-corrected chi connectivity index (χ2v) is 13.4. The molecule has 0 N–H and O–H groups in total. The smallest absolute Gasteiger partial charge is 0.0297 e. The molecule has 8 heteroatoms. The lowest BCUT2D eigenvalue weighted by Crippen LogP contribution is -2.48. The van der Waals surface area contributed by atoms with Crippen molar-refractivity contribution in [1.82, 2.24) is 39.2 Å². The van der Waals surface area contributed by atoms with Crippen molar-refractivity contribution >= 4 is 0 Å². The maximum absolute atomic E-state index is 2.71. The normalized spacial score (nSPS) is 31.4. The summed E-state index contributed by atoms with van der Waals surface area (Å²) < 4.78 is 0. The molecule has 42 heavy (non-hydrogen) atoms. The lowest BCUT2D eigenvalue weighted by molar-refractivity contribution is 0.115. The third kappa shape index (κ3) is 10.9. The zero-order valence-electron chi connectivity index (χ0n) is 27.0. The van der Waals surface area contributed by atoms with Gasteiger partial charge in [-0.25, -0.2) is 0 Å². The average molecular weight is 581 g/mol. The summed E-state index contributed by atoms with van der Waals surface area (Å²) in [4.78, 5) is 20.9. The van der Waals surface area contributed by atoms with E-state index >= 15 is 0 Å². The molecule has 4 saturated heterocycles. The Morgan fingerprint density at radius 3 is 1.43 bits per heavy atom. The summed E-state index contributed by atoms with van der Waals surface area (Å²) in [7, 11) is 4.54. The molecule has 0 spiro atoms. The molecule has 1 aromatic carbocycles. The highest BCUT2D eigenvalue weighted by molar-refractivity contribution is 5.22. The number of hydrogen-bond acceptors (Lipinski definition) is 8. The van der Waals surface area contributed by atoms with Crippen LogP contribution in [0.2, 0.25) is 0 Å². The van der Waals surface area contributed by atoms with Crippen molar-refractivity contribution in [3.8, 4) is 0 Å². The molecule has 8 nitrogen and oxygen atoms in total. The van der Waals surface area contributed by atoms with Gasteiger partial charge in [0.05, 0.1) is 0 Å². The summed E-state index contributed by atoms with van der Waals surface area (Å²) >= 11 is 0. The van der Waals surface area contributed by atoms with E-state index < -0.39 is 0 Å². The van der Waals surface area contributed by atoms with E-state index in [1.807, 2.05) is 0 Å². The van der Waals surface area contributed by atoms with E-state index in [1.54, 1.807) is 0 Å². The van der Waals surface area contributed by atoms with Crippen LogP contribution in [0.1, 0.15) is 30.4 Å². The Hall–Kier alpha value is -1.52. The second kappa shape index (κ2) is 17.1. The minimum absolute atomic E-state index is 1.05. The van der Waals surface area contributed by atoms with Gasteiger partial charge in [0, 0.05) is 105 Å². The molecule has 0 atom stereocenters. The first kappa shape index (κ1) is 31.9. The van der Waals surface area contributed by atoms with Gasteiger partial charge in [-0.3, -0.25) is 14.7 Å². The molecule has 7 rings (SSSR count). The van der Waals surface area contributed by atoms with E-state index in [4.69, 9.17) is 0 Å². The Morgan fingerprint density at radius 2 is 0.905 bits per heavy atom. The highest BCUT2D eigenvalue weighted by Crippen LogP contribution is 2.13. The van der Waals surface area contributed by atoms with Crippen LogP contribution in [-0.4, -0.2) is 178 Å². The molecule has 236 valence electrons. The average Bonchev–Trinajstić information content (AvgIpc) is 3.00. The predicted octanol–water partition coefficient (Wildman–Crippen LogP) is 2.10. The molecule has 4 fully saturated rings. The minimum Gasteiger partial charge on any atom is -0.379 e. The molecule has 1 aromatic rings. The number of fused-ring (bicyclic) bond motifs is 21. The summed E-state index contributed by atoms with van der Waals surface area (Å²) in [6, 6.07) is 9.61. The molecule has 0 amide bonds. The zero-order chi connectivity index (χ0) is 29.0. The van der Waals surface area contributed by atoms with E-state index in [1.165, 1.54) is 122 Å². The number of piperazine rings is 2. The quantitative estimate of drug-likeness (QED) is 0.535. The maximum atomic E-state index is 2.71. The monoisotopic (exact) mass is 580 g/mol. The highest BCUT2D eigenvalue weighted by Gasteiger charge is 2.19. The Morgan fingerprint density at radius 1 is 0.452 bits per heavy atom. The van der Waals surface area contributed by atoms with Gasteiger partial charge in [-0.1, -0.05) is 30.3 Å². The lowest BCUT2D eigenvalue weighted by Gasteiger charge is -2.36. The fraction of sp³-hybridized carbons (Fsp3) is 0.765. The summed E-state index contributed by atoms with van der Waals surface area (Å²) in [6.07, 6.45) is 8.47. The molecule has 0 radical (unpaired) electrons. The van der Waals surface area contributed by atoms with Crippen molar-refractivity contribution in [2.75, 3.05) is 138 Å². The Labute approximate surface area is 257 Å². The van der Waals surface area contributed by atoms with Crippen LogP contribution in [0.3, 0.4) is 0 Å². The molecule has 0 saturated carbocycles. The summed E-state index contributed by atoms with van der Waals surface area (Å²) in [5.41, 5.74) is 2.91. The SMILES string of the molecule is CN1/C=C\CN2CCN(CCCN(Cc3ccc(CN4CCCN5CCN(CCCN(C)CC4)CC5)cc3)CC1)CC2. The molecule has 0 unspecified atom stereocenters. The molecule has 0 aromatic heterocycles. The van der Waals surface area contributed by atoms with Crippen LogP contribution in [0.4, 0.5) is 0 Å². The minimum atomic E-state index is 1.05. The van der Waals surface area contributed by atoms with Crippen LogP contribution in [0, 0.1) is 0 Å². The van der Waals surface area contributed by atoms with Gasteiger partial charge >= 0.3 is 0 Å². The van der Waals surface area contributed by atoms with Crippen LogP contribution in [-0.2, 0) is 13.1 Å². The largest absolute Gasteiger partial charge is 0.379 e. The molecular weight excluding hydrogens is 520 g/mol. The van der Waals surface area contributed by atoms with Gasteiger partial charge in [0.1, 0.15) is 0 Å². The maximum Gasteiger partial charge on any atom is 0.0297 e. The van der Waals surface area contributed by atoms with Crippen LogP contribution >= 0.6 is 0 Å². The van der Waals surface area contributed by atoms with Gasteiger partial charge in [-0.15, -0.1) is 0 Å². The fourth-order valence-corrected chi connectivity index (χ4v) is 7.01. The molecule has 4 bridgehead atoms. The third-order valence-electron chi connectivity index (χ3n) is 9.97. The Balaban J connectivity index is 1.14. The Kier molecular flexibility index (Phi) is 13.0. The van der Waals surface area contributed by atoms with E-state index in [0.29, 0.717) is 0 Å². The summed E-state index contributed by atoms with van der Waals surface area (Å²) in [5.74, 6) is 0. The zero-order valence-corrected chi connectivity index (χ0v) is 27.0. The van der Waals surface area contributed by atoms with Gasteiger partial charge in [0.15, 0.2) is 0 Å². The number of rotatable bonds is 4. The van der Waals surface area contributed by atoms with Crippen LogP contribution in [0.15, 0.2) is 36.5 Å². The van der Waals surface area contributed by atoms with Crippen molar-refractivity contribution < 1.29 is 0 Å². The van der Waals surface area contributed by atoms with Crippen molar-refractivity contribution in [1.29, 1.82) is 0 Å². The van der Waals surface area contributed by atoms with Gasteiger partial charge in [-0.2, -0.15) is 0 Å². The van der Waals surface area contributed by atoms with Crippen molar-refractivity contribution in [2.24, 2.45) is 0 Å². The van der Waals surface area contributed by atoms with Gasteiger partial charge in [-0.05, 0) is 82.9 Å². The molecule has 6 aliphatic rings. The molecular formula is C34H60N8. The van der Waals surface area contributed by atoms with Crippen molar-refractivity contribution in [3.05, 3.63) is 47.7 Å². The van der Waals surface area contributed by atoms with Gasteiger partial charge in [0.25, 0.3) is 0 Å². The first-order chi connectivity index (χ1) is 20.6. The van der Waals surface area contributed by atoms with Crippen LogP contribution in [0.5, 0.6) is 0 Å². The molecule has 0 aliphatic carbocycles. The Bertz CT molecular complexity index is 907. The van der Waals surface area contributed by atoms with Crippen LogP contribution < -0.4 is 0 Å². The van der Waals surface area contributed by atoms with Gasteiger partial charge < -0.3 is 24.5 Å². The first-order valence-corrected chi connectivity index (χ1v) is 17.1. The number of benzene rings is 1. The molecule has 6 aliphatic heterocycles. The topological polar surface area (TPSA) is 25.9 Å². The summed E-state index contributed by atoms with van der Waals surface area (Å²) in [5, 5.41) is 0. The second-order valence-electron chi connectivity index (χ2n) is 13.4. The van der Waals surface area contributed by atoms with Crippen molar-refractivity contribution in [2.45, 2.75) is 32.4 Å². The summed E-state index contributed by atoms with van der Waals surface area (Å²) in [6.45, 7) is 24.9. The predicted molar refractivity (Wildman–Crippen MR) is 176 cm³/mol. The van der Waals surface area contributed by atoms with E-state index in [0.717, 1.165) is 45.8 Å². The standard InChI is InChI=1S/C34H60N8/c1-35-11-3-13-37-23-27-39(28-24-37)15-5-17-41(21-19-35)31-33-7-9-34(10-8-33)32-42-18-6-16-40-29-25-38(26-30-40)14-4-12-36(2)20-22-42/h3,7-11H,4-6,12-32H2,1-2H3/b11-3-. The molecule has 6 heterocycles. The first-order valence-electron chi connectivity index (χ1n) is 17.1. The van der Waals surface area contributed by atoms with Crippen molar-refractivity contribution in [3.63, 3.8) is 0 Å². The van der Waals surface area contributed by atoms with Crippen LogP contribution in [0.25, 0.3) is 0 Å². The highest BCUT2D eigenvalue weighted by atomic mass is 15.3. The fourth-order valence-electron chi connectivity index (χ4n) is 7.01. The van der Waals surface area contributed by atoms with E-state index in [-0.39, 0.29) is 0 Å². The lowest BCUT2D eigenvalue weighted by atomic mass is 10.1. The van der Waals surface area contributed by atoms with Gasteiger partial charge in [0.2, 0.25) is 0 Å². The van der Waals surface area contributed by atoms with E-state index in [9.17, 15) is 0 Å². The van der Waals surface area contributed by atoms with E-state index in [2.05, 4.69) is 89.8 Å².